The summed E-state index contributed by atoms with van der Waals surface area (Å²) >= 11 is 0. The van der Waals surface area contributed by atoms with E-state index in [1.807, 2.05) is 66.7 Å². The van der Waals surface area contributed by atoms with Crippen LogP contribution in [0.4, 0.5) is 5.69 Å². The molecule has 0 saturated heterocycles. The SMILES string of the molecule is COc1ccccc1NC(=O)C/C(C)=N/NC(=O)Cc1ccc(-c2ccccc2)cc1. The zero-order valence-electron chi connectivity index (χ0n) is 17.6. The molecule has 3 aromatic carbocycles. The van der Waals surface area contributed by atoms with Gasteiger partial charge in [-0.3, -0.25) is 9.59 Å². The minimum Gasteiger partial charge on any atom is -0.495 e. The van der Waals surface area contributed by atoms with Crippen molar-refractivity contribution in [1.82, 2.24) is 5.43 Å². The molecule has 0 bridgehead atoms. The van der Waals surface area contributed by atoms with Gasteiger partial charge in [0.15, 0.2) is 0 Å². The molecule has 3 aromatic rings. The lowest BCUT2D eigenvalue weighted by atomic mass is 10.0. The van der Waals surface area contributed by atoms with Crippen molar-refractivity contribution < 1.29 is 14.3 Å². The summed E-state index contributed by atoms with van der Waals surface area (Å²) in [7, 11) is 1.54. The number of hydrogen-bond donors (Lipinski definition) is 2. The van der Waals surface area contributed by atoms with E-state index in [-0.39, 0.29) is 24.7 Å². The number of carbonyl (C=O) groups is 2. The van der Waals surface area contributed by atoms with Gasteiger partial charge in [-0.2, -0.15) is 5.10 Å². The van der Waals surface area contributed by atoms with Gasteiger partial charge < -0.3 is 10.1 Å². The fourth-order valence-corrected chi connectivity index (χ4v) is 3.04. The van der Waals surface area contributed by atoms with Crippen molar-refractivity contribution in [3.8, 4) is 16.9 Å². The highest BCUT2D eigenvalue weighted by Gasteiger charge is 2.09. The van der Waals surface area contributed by atoms with Gasteiger partial charge >= 0.3 is 0 Å². The molecule has 0 fully saturated rings. The number of nitrogens with zero attached hydrogens (tertiary/aromatic N) is 1. The maximum absolute atomic E-state index is 12.2. The lowest BCUT2D eigenvalue weighted by Crippen LogP contribution is -2.23. The summed E-state index contributed by atoms with van der Waals surface area (Å²) in [6, 6.07) is 25.1. The standard InChI is InChI=1S/C25H25N3O3/c1-18(16-24(29)26-22-10-6-7-11-23(22)31-2)27-28-25(30)17-19-12-14-21(15-13-19)20-8-4-3-5-9-20/h3-15H,16-17H2,1-2H3,(H,26,29)(H,28,30)/b27-18+. The quantitative estimate of drug-likeness (QED) is 0.422. The molecule has 2 amide bonds. The van der Waals surface area contributed by atoms with Crippen molar-refractivity contribution in [2.45, 2.75) is 19.8 Å². The number of hydrazone groups is 1. The number of methoxy groups -OCH3 is 1. The van der Waals surface area contributed by atoms with Crippen LogP contribution < -0.4 is 15.5 Å². The van der Waals surface area contributed by atoms with Crippen molar-refractivity contribution in [2.75, 3.05) is 12.4 Å². The zero-order valence-corrected chi connectivity index (χ0v) is 17.6. The fourth-order valence-electron chi connectivity index (χ4n) is 3.04. The number of benzene rings is 3. The van der Waals surface area contributed by atoms with Crippen molar-refractivity contribution in [2.24, 2.45) is 5.10 Å². The summed E-state index contributed by atoms with van der Waals surface area (Å²) in [5, 5.41) is 6.82. The second-order valence-corrected chi connectivity index (χ2v) is 7.05. The Hall–Kier alpha value is -3.93. The molecule has 0 radical (unpaired) electrons. The van der Waals surface area contributed by atoms with Crippen molar-refractivity contribution in [1.29, 1.82) is 0 Å². The first-order chi connectivity index (χ1) is 15.0. The number of ether oxygens (including phenoxy) is 1. The van der Waals surface area contributed by atoms with Crippen LogP contribution in [0.3, 0.4) is 0 Å². The van der Waals surface area contributed by atoms with Crippen LogP contribution in [0.25, 0.3) is 11.1 Å². The number of amides is 2. The van der Waals surface area contributed by atoms with Gasteiger partial charge in [-0.25, -0.2) is 5.43 Å². The van der Waals surface area contributed by atoms with E-state index in [1.165, 1.54) is 0 Å². The summed E-state index contributed by atoms with van der Waals surface area (Å²) in [5.74, 6) is 0.102. The lowest BCUT2D eigenvalue weighted by Gasteiger charge is -2.09. The number of hydrogen-bond acceptors (Lipinski definition) is 4. The molecule has 0 saturated carbocycles. The molecule has 0 aliphatic rings. The molecule has 0 heterocycles. The van der Waals surface area contributed by atoms with Gasteiger partial charge in [0, 0.05) is 5.71 Å². The average molecular weight is 415 g/mol. The Kier molecular flexibility index (Phi) is 7.54. The van der Waals surface area contributed by atoms with Gasteiger partial charge in [-0.05, 0) is 35.7 Å². The van der Waals surface area contributed by atoms with Crippen LogP contribution in [-0.2, 0) is 16.0 Å². The Balaban J connectivity index is 1.49. The molecule has 0 aromatic heterocycles. The number of nitrogens with one attached hydrogen (secondary N) is 2. The molecule has 0 aliphatic carbocycles. The van der Waals surface area contributed by atoms with Crippen LogP contribution in [0, 0.1) is 0 Å². The third-order valence-corrected chi connectivity index (χ3v) is 4.59. The van der Waals surface area contributed by atoms with E-state index >= 15 is 0 Å². The summed E-state index contributed by atoms with van der Waals surface area (Å²) in [4.78, 5) is 24.4. The molecule has 0 aliphatic heterocycles. The molecule has 0 spiro atoms. The van der Waals surface area contributed by atoms with E-state index in [4.69, 9.17) is 4.74 Å². The second kappa shape index (κ2) is 10.7. The number of rotatable bonds is 8. The van der Waals surface area contributed by atoms with Gasteiger partial charge in [0.25, 0.3) is 0 Å². The van der Waals surface area contributed by atoms with Crippen LogP contribution in [-0.4, -0.2) is 24.6 Å². The molecular weight excluding hydrogens is 390 g/mol. The zero-order chi connectivity index (χ0) is 22.1. The van der Waals surface area contributed by atoms with E-state index in [1.54, 1.807) is 26.2 Å². The van der Waals surface area contributed by atoms with Crippen LogP contribution in [0.5, 0.6) is 5.75 Å². The van der Waals surface area contributed by atoms with Crippen molar-refractivity contribution in [3.63, 3.8) is 0 Å². The predicted molar refractivity (Wildman–Crippen MR) is 123 cm³/mol. The maximum atomic E-state index is 12.2. The molecule has 31 heavy (non-hydrogen) atoms. The van der Waals surface area contributed by atoms with E-state index in [0.29, 0.717) is 17.1 Å². The molecular formula is C25H25N3O3. The molecule has 0 atom stereocenters. The van der Waals surface area contributed by atoms with Crippen molar-refractivity contribution >= 4 is 23.2 Å². The highest BCUT2D eigenvalue weighted by Crippen LogP contribution is 2.23. The first kappa shape index (κ1) is 21.8. The van der Waals surface area contributed by atoms with Gasteiger partial charge in [0.1, 0.15) is 5.75 Å². The van der Waals surface area contributed by atoms with Crippen LogP contribution in [0.2, 0.25) is 0 Å². The highest BCUT2D eigenvalue weighted by atomic mass is 16.5. The number of carbonyl (C=O) groups excluding carboxylic acids is 2. The monoisotopic (exact) mass is 415 g/mol. The summed E-state index contributed by atoms with van der Waals surface area (Å²) in [5.41, 5.74) is 6.72. The van der Waals surface area contributed by atoms with Crippen LogP contribution in [0.1, 0.15) is 18.9 Å². The lowest BCUT2D eigenvalue weighted by molar-refractivity contribution is -0.120. The topological polar surface area (TPSA) is 79.8 Å². The minimum absolute atomic E-state index is 0.0596. The average Bonchev–Trinajstić information content (AvgIpc) is 2.79. The summed E-state index contributed by atoms with van der Waals surface area (Å²) in [6.45, 7) is 1.69. The van der Waals surface area contributed by atoms with Gasteiger partial charge in [-0.1, -0.05) is 66.7 Å². The van der Waals surface area contributed by atoms with Crippen LogP contribution >= 0.6 is 0 Å². The summed E-state index contributed by atoms with van der Waals surface area (Å²) in [6.07, 6.45) is 0.267. The molecule has 2 N–H and O–H groups in total. The smallest absolute Gasteiger partial charge is 0.244 e. The van der Waals surface area contributed by atoms with Gasteiger partial charge in [-0.15, -0.1) is 0 Å². The Morgan fingerprint density at radius 1 is 0.839 bits per heavy atom. The normalized spacial score (nSPS) is 11.0. The largest absolute Gasteiger partial charge is 0.495 e. The van der Waals surface area contributed by atoms with E-state index in [2.05, 4.69) is 15.8 Å². The van der Waals surface area contributed by atoms with Gasteiger partial charge in [0.2, 0.25) is 11.8 Å². The predicted octanol–water partition coefficient (Wildman–Crippen LogP) is 4.43. The van der Waals surface area contributed by atoms with Crippen molar-refractivity contribution in [3.05, 3.63) is 84.4 Å². The molecule has 6 nitrogen and oxygen atoms in total. The Bertz CT molecular complexity index is 1060. The van der Waals surface area contributed by atoms with E-state index < -0.39 is 0 Å². The third kappa shape index (κ3) is 6.54. The third-order valence-electron chi connectivity index (χ3n) is 4.59. The van der Waals surface area contributed by atoms with E-state index in [9.17, 15) is 9.59 Å². The summed E-state index contributed by atoms with van der Waals surface area (Å²) < 4.78 is 5.22. The van der Waals surface area contributed by atoms with E-state index in [0.717, 1.165) is 16.7 Å². The molecule has 6 heteroatoms. The Labute approximate surface area is 182 Å². The first-order valence-corrected chi connectivity index (χ1v) is 9.94. The number of anilines is 1. The van der Waals surface area contributed by atoms with Crippen LogP contribution in [0.15, 0.2) is 84.0 Å². The molecule has 0 unspecified atom stereocenters. The minimum atomic E-state index is -0.239. The first-order valence-electron chi connectivity index (χ1n) is 9.94. The second-order valence-electron chi connectivity index (χ2n) is 7.05. The Morgan fingerprint density at radius 2 is 1.48 bits per heavy atom. The molecule has 158 valence electrons. The van der Waals surface area contributed by atoms with Gasteiger partial charge in [0.05, 0.1) is 25.6 Å². The maximum Gasteiger partial charge on any atom is 0.244 e. The molecule has 3 rings (SSSR count). The highest BCUT2D eigenvalue weighted by molar-refractivity contribution is 6.06. The number of para-hydroxylation sites is 2. The Morgan fingerprint density at radius 3 is 2.19 bits per heavy atom. The fraction of sp³-hybridized carbons (Fsp3) is 0.160.